The number of nitrogen functional groups attached to an aromatic ring is 1. The highest BCUT2D eigenvalue weighted by Gasteiger charge is 2.16. The molecule has 2 aromatic rings. The van der Waals surface area contributed by atoms with E-state index in [1.807, 2.05) is 32.0 Å². The molecule has 0 aliphatic carbocycles. The van der Waals surface area contributed by atoms with Crippen molar-refractivity contribution in [2.75, 3.05) is 16.0 Å². The Kier molecular flexibility index (Phi) is 5.76. The van der Waals surface area contributed by atoms with E-state index in [4.69, 9.17) is 5.73 Å². The van der Waals surface area contributed by atoms with Crippen LogP contribution in [0.1, 0.15) is 18.1 Å². The minimum atomic E-state index is -0.588. The number of nitriles is 1. The third-order valence-electron chi connectivity index (χ3n) is 3.74. The smallest absolute Gasteiger partial charge is 0.267 e. The fourth-order valence-corrected chi connectivity index (χ4v) is 2.43. The second kappa shape index (κ2) is 7.99. The molecule has 0 saturated carbocycles. The quantitative estimate of drug-likeness (QED) is 0.503. The molecule has 0 atom stereocenters. The van der Waals surface area contributed by atoms with Gasteiger partial charge in [-0.15, -0.1) is 0 Å². The van der Waals surface area contributed by atoms with Gasteiger partial charge >= 0.3 is 0 Å². The maximum absolute atomic E-state index is 12.5. The molecule has 0 aliphatic heterocycles. The molecule has 3 N–H and O–H groups in total. The lowest BCUT2D eigenvalue weighted by molar-refractivity contribution is -0.116. The number of amides is 2. The van der Waals surface area contributed by atoms with Crippen LogP contribution in [0.3, 0.4) is 0 Å². The van der Waals surface area contributed by atoms with Crippen molar-refractivity contribution in [1.82, 2.24) is 0 Å². The molecule has 0 fully saturated rings. The number of nitrogens with one attached hydrogen (secondary N) is 1. The zero-order valence-electron chi connectivity index (χ0n) is 14.9. The summed E-state index contributed by atoms with van der Waals surface area (Å²) in [5, 5.41) is 12.1. The van der Waals surface area contributed by atoms with Gasteiger partial charge in [0.05, 0.1) is 5.69 Å². The summed E-state index contributed by atoms with van der Waals surface area (Å²) < 4.78 is 0. The zero-order chi connectivity index (χ0) is 19.3. The molecule has 6 heteroatoms. The van der Waals surface area contributed by atoms with Crippen LogP contribution in [0, 0.1) is 25.2 Å². The lowest BCUT2D eigenvalue weighted by Gasteiger charge is -2.17. The molecule has 0 aliphatic rings. The van der Waals surface area contributed by atoms with Gasteiger partial charge in [-0.1, -0.05) is 23.8 Å². The molecule has 2 rings (SSSR count). The van der Waals surface area contributed by atoms with Gasteiger partial charge in [0.25, 0.3) is 5.91 Å². The number of carbonyl (C=O) groups excluding carboxylic acids is 2. The highest BCUT2D eigenvalue weighted by atomic mass is 16.2. The van der Waals surface area contributed by atoms with Gasteiger partial charge in [0.1, 0.15) is 11.6 Å². The predicted molar refractivity (Wildman–Crippen MR) is 102 cm³/mol. The Bertz CT molecular complexity index is 926. The zero-order valence-corrected chi connectivity index (χ0v) is 14.9. The Morgan fingerprint density at radius 1 is 1.19 bits per heavy atom. The van der Waals surface area contributed by atoms with E-state index in [2.05, 4.69) is 5.32 Å². The van der Waals surface area contributed by atoms with Crippen molar-refractivity contribution in [3.05, 3.63) is 65.4 Å². The van der Waals surface area contributed by atoms with E-state index >= 15 is 0 Å². The second-order valence-corrected chi connectivity index (χ2v) is 5.91. The summed E-state index contributed by atoms with van der Waals surface area (Å²) in [5.41, 5.74) is 9.07. The van der Waals surface area contributed by atoms with E-state index in [-0.39, 0.29) is 11.5 Å². The van der Waals surface area contributed by atoms with Gasteiger partial charge in [-0.05, 0) is 43.7 Å². The highest BCUT2D eigenvalue weighted by Crippen LogP contribution is 2.20. The monoisotopic (exact) mass is 348 g/mol. The van der Waals surface area contributed by atoms with Crippen molar-refractivity contribution in [1.29, 1.82) is 5.26 Å². The van der Waals surface area contributed by atoms with E-state index in [1.54, 1.807) is 30.3 Å². The largest absolute Gasteiger partial charge is 0.399 e. The first-order valence-electron chi connectivity index (χ1n) is 7.97. The van der Waals surface area contributed by atoms with Gasteiger partial charge in [-0.25, -0.2) is 0 Å². The molecule has 0 spiro atoms. The van der Waals surface area contributed by atoms with E-state index in [9.17, 15) is 14.9 Å². The number of nitrogens with two attached hydrogens (primary N) is 1. The standard InChI is InChI=1S/C20H20N4O2/c1-13-7-8-19(14(2)9-13)23-20(26)16(11-21)12-24(15(3)25)18-6-4-5-17(22)10-18/h4-10,12H,22H2,1-3H3,(H,23,26)/b16-12-. The van der Waals surface area contributed by atoms with Crippen molar-refractivity contribution in [2.24, 2.45) is 0 Å². The number of nitrogens with zero attached hydrogens (tertiary/aromatic N) is 2. The van der Waals surface area contributed by atoms with Crippen LogP contribution in [-0.2, 0) is 9.59 Å². The first-order valence-corrected chi connectivity index (χ1v) is 7.97. The molecule has 132 valence electrons. The Balaban J connectivity index is 2.33. The SMILES string of the molecule is CC(=O)N(/C=C(/C#N)C(=O)Nc1ccc(C)cc1C)c1cccc(N)c1. The summed E-state index contributed by atoms with van der Waals surface area (Å²) in [6.07, 6.45) is 1.22. The fraction of sp³-hybridized carbons (Fsp3) is 0.150. The number of benzene rings is 2. The van der Waals surface area contributed by atoms with Gasteiger partial charge < -0.3 is 11.1 Å². The van der Waals surface area contributed by atoms with Crippen molar-refractivity contribution < 1.29 is 9.59 Å². The minimum absolute atomic E-state index is 0.192. The molecule has 26 heavy (non-hydrogen) atoms. The summed E-state index contributed by atoms with van der Waals surface area (Å²) in [6, 6.07) is 14.1. The Hall–Kier alpha value is -3.59. The van der Waals surface area contributed by atoms with E-state index < -0.39 is 5.91 Å². The number of hydrogen-bond acceptors (Lipinski definition) is 4. The van der Waals surface area contributed by atoms with Crippen LogP contribution in [-0.4, -0.2) is 11.8 Å². The average Bonchev–Trinajstić information content (AvgIpc) is 2.57. The van der Waals surface area contributed by atoms with Crippen molar-refractivity contribution >= 4 is 28.9 Å². The number of carbonyl (C=O) groups is 2. The van der Waals surface area contributed by atoms with Crippen LogP contribution >= 0.6 is 0 Å². The highest BCUT2D eigenvalue weighted by molar-refractivity contribution is 6.08. The Labute approximate surface area is 152 Å². The maximum Gasteiger partial charge on any atom is 0.267 e. The van der Waals surface area contributed by atoms with Crippen LogP contribution in [0.5, 0.6) is 0 Å². The number of rotatable bonds is 4. The van der Waals surface area contributed by atoms with Crippen LogP contribution < -0.4 is 16.0 Å². The summed E-state index contributed by atoms with van der Waals surface area (Å²) in [5.74, 6) is -0.933. The molecule has 2 amide bonds. The molecule has 6 nitrogen and oxygen atoms in total. The van der Waals surface area contributed by atoms with Gasteiger partial charge in [0.15, 0.2) is 0 Å². The van der Waals surface area contributed by atoms with Gasteiger partial charge in [-0.2, -0.15) is 5.26 Å². The third kappa shape index (κ3) is 4.48. The van der Waals surface area contributed by atoms with Crippen molar-refractivity contribution in [3.8, 4) is 6.07 Å². The molecule has 0 saturated heterocycles. The number of hydrogen-bond donors (Lipinski definition) is 2. The molecule has 0 aromatic heterocycles. The van der Waals surface area contributed by atoms with Gasteiger partial charge in [0, 0.05) is 24.5 Å². The third-order valence-corrected chi connectivity index (χ3v) is 3.74. The molecule has 0 unspecified atom stereocenters. The molecule has 2 aromatic carbocycles. The van der Waals surface area contributed by atoms with Crippen LogP contribution in [0.15, 0.2) is 54.2 Å². The van der Waals surface area contributed by atoms with E-state index in [0.29, 0.717) is 17.1 Å². The van der Waals surface area contributed by atoms with Gasteiger partial charge in [0.2, 0.25) is 5.91 Å². The maximum atomic E-state index is 12.5. The molecule has 0 radical (unpaired) electrons. The average molecular weight is 348 g/mol. The fourth-order valence-electron chi connectivity index (χ4n) is 2.43. The normalized spacial score (nSPS) is 10.8. The van der Waals surface area contributed by atoms with E-state index in [1.165, 1.54) is 18.0 Å². The molecule has 0 bridgehead atoms. The molecular weight excluding hydrogens is 328 g/mol. The minimum Gasteiger partial charge on any atom is -0.399 e. The second-order valence-electron chi connectivity index (χ2n) is 5.91. The molecule has 0 heterocycles. The first kappa shape index (κ1) is 18.7. The summed E-state index contributed by atoms with van der Waals surface area (Å²) in [7, 11) is 0. The lowest BCUT2D eigenvalue weighted by atomic mass is 10.1. The van der Waals surface area contributed by atoms with E-state index in [0.717, 1.165) is 11.1 Å². The molecular formula is C20H20N4O2. The summed E-state index contributed by atoms with van der Waals surface area (Å²) >= 11 is 0. The lowest BCUT2D eigenvalue weighted by Crippen LogP contribution is -2.25. The number of anilines is 3. The summed E-state index contributed by atoms with van der Waals surface area (Å²) in [4.78, 5) is 25.7. The summed E-state index contributed by atoms with van der Waals surface area (Å²) in [6.45, 7) is 5.17. The predicted octanol–water partition coefficient (Wildman–Crippen LogP) is 3.28. The Morgan fingerprint density at radius 3 is 2.50 bits per heavy atom. The van der Waals surface area contributed by atoms with Gasteiger partial charge in [-0.3, -0.25) is 14.5 Å². The van der Waals surface area contributed by atoms with Crippen molar-refractivity contribution in [2.45, 2.75) is 20.8 Å². The van der Waals surface area contributed by atoms with Crippen molar-refractivity contribution in [3.63, 3.8) is 0 Å². The van der Waals surface area contributed by atoms with Crippen LogP contribution in [0.25, 0.3) is 0 Å². The van der Waals surface area contributed by atoms with Crippen LogP contribution in [0.4, 0.5) is 17.1 Å². The van der Waals surface area contributed by atoms with Crippen LogP contribution in [0.2, 0.25) is 0 Å². The number of aryl methyl sites for hydroxylation is 2. The first-order chi connectivity index (χ1) is 12.3. The Morgan fingerprint density at radius 2 is 1.92 bits per heavy atom. The topological polar surface area (TPSA) is 99.2 Å².